The predicted octanol–water partition coefficient (Wildman–Crippen LogP) is 5.46. The molecule has 0 saturated heterocycles. The van der Waals surface area contributed by atoms with Gasteiger partial charge in [-0.15, -0.1) is 11.3 Å². The van der Waals surface area contributed by atoms with Crippen molar-refractivity contribution in [3.8, 4) is 5.75 Å². The fraction of sp³-hybridized carbons (Fsp3) is 0.393. The molecule has 0 fully saturated rings. The van der Waals surface area contributed by atoms with Crippen molar-refractivity contribution in [1.29, 1.82) is 0 Å². The zero-order valence-corrected chi connectivity index (χ0v) is 25.0. The molecule has 8 nitrogen and oxygen atoms in total. The van der Waals surface area contributed by atoms with Gasteiger partial charge < -0.3 is 20.2 Å². The first-order valence-corrected chi connectivity index (χ1v) is 15.1. The van der Waals surface area contributed by atoms with Crippen LogP contribution in [0.4, 0.5) is 11.4 Å². The van der Waals surface area contributed by atoms with Crippen LogP contribution in [-0.2, 0) is 28.7 Å². The summed E-state index contributed by atoms with van der Waals surface area (Å²) in [6.07, 6.45) is 0.0453. The van der Waals surface area contributed by atoms with E-state index < -0.39 is 22.4 Å². The van der Waals surface area contributed by atoms with Crippen LogP contribution in [0.5, 0.6) is 5.75 Å². The monoisotopic (exact) mass is 590 g/mol. The van der Waals surface area contributed by atoms with Crippen LogP contribution in [0.2, 0.25) is 4.34 Å². The van der Waals surface area contributed by atoms with Gasteiger partial charge >= 0.3 is 5.97 Å². The first kappa shape index (κ1) is 29.4. The van der Waals surface area contributed by atoms with Crippen LogP contribution in [0.1, 0.15) is 36.8 Å². The SMILES string of the molecule is CCN(N)c1cccc(C)c1NC[C@@H]1CN(Cc2cc(CC(C)(C)C(=O)O)sc2Cl)S(=O)c2ccccc2O1. The molecule has 0 radical (unpaired) electrons. The number of ether oxygens (including phenoxy) is 1. The number of hydrogen-bond donors (Lipinski definition) is 3. The lowest BCUT2D eigenvalue weighted by Gasteiger charge is -2.26. The van der Waals surface area contributed by atoms with Crippen molar-refractivity contribution in [3.63, 3.8) is 0 Å². The van der Waals surface area contributed by atoms with Crippen molar-refractivity contribution in [3.05, 3.63) is 68.9 Å². The van der Waals surface area contributed by atoms with Gasteiger partial charge in [0, 0.05) is 18.0 Å². The first-order valence-electron chi connectivity index (χ1n) is 12.8. The second-order valence-electron chi connectivity index (χ2n) is 10.3. The minimum absolute atomic E-state index is 0.319. The zero-order valence-electron chi connectivity index (χ0n) is 22.6. The number of hydrogen-bond acceptors (Lipinski definition) is 7. The molecule has 11 heteroatoms. The van der Waals surface area contributed by atoms with E-state index >= 15 is 0 Å². The fourth-order valence-corrected chi connectivity index (χ4v) is 7.29. The highest BCUT2D eigenvalue weighted by Crippen LogP contribution is 2.36. The second kappa shape index (κ2) is 12.3. The number of rotatable bonds is 10. The Bertz CT molecular complexity index is 1360. The predicted molar refractivity (Wildman–Crippen MR) is 159 cm³/mol. The number of nitrogens with one attached hydrogen (secondary N) is 1. The molecular weight excluding hydrogens is 556 g/mol. The molecule has 2 heterocycles. The molecule has 1 aliphatic rings. The molecule has 0 saturated carbocycles. The first-order chi connectivity index (χ1) is 18.5. The molecule has 1 unspecified atom stereocenters. The number of aryl methyl sites for hydroxylation is 1. The Hall–Kier alpha value is -2.63. The highest BCUT2D eigenvalue weighted by Gasteiger charge is 2.31. The molecule has 210 valence electrons. The maximum Gasteiger partial charge on any atom is 0.309 e. The summed E-state index contributed by atoms with van der Waals surface area (Å²) in [7, 11) is -1.48. The van der Waals surface area contributed by atoms with Crippen molar-refractivity contribution in [1.82, 2.24) is 4.31 Å². The number of thiophene rings is 1. The maximum atomic E-state index is 13.7. The topological polar surface area (TPSA) is 108 Å². The van der Waals surface area contributed by atoms with E-state index in [1.807, 2.05) is 66.7 Å². The third-order valence-electron chi connectivity index (χ3n) is 6.73. The van der Waals surface area contributed by atoms with Crippen molar-refractivity contribution < 1.29 is 18.8 Å². The van der Waals surface area contributed by atoms with E-state index in [2.05, 4.69) is 5.32 Å². The molecule has 0 bridgehead atoms. The summed E-state index contributed by atoms with van der Waals surface area (Å²) < 4.78 is 22.5. The lowest BCUT2D eigenvalue weighted by atomic mass is 9.89. The standard InChI is InChI=1S/C28H35ClN4O4S2/c1-5-33(30)22-10-8-9-18(2)25(22)31-15-20-17-32(39(36)24-12-7-6-11-23(24)37-20)16-19-13-21(38-26(19)29)14-28(3,4)27(34)35/h6-13,20,31H,5,14-17,30H2,1-4H3,(H,34,35)/t20-,39?/m1/s1. The molecule has 1 aromatic heterocycles. The van der Waals surface area contributed by atoms with Gasteiger partial charge in [0.05, 0.1) is 39.1 Å². The van der Waals surface area contributed by atoms with Crippen LogP contribution in [0.3, 0.4) is 0 Å². The van der Waals surface area contributed by atoms with Crippen LogP contribution < -0.4 is 20.9 Å². The van der Waals surface area contributed by atoms with Crippen molar-refractivity contribution >= 4 is 51.3 Å². The number of para-hydroxylation sites is 2. The van der Waals surface area contributed by atoms with E-state index in [4.69, 9.17) is 22.2 Å². The summed E-state index contributed by atoms with van der Waals surface area (Å²) in [6, 6.07) is 15.3. The molecule has 0 spiro atoms. The number of nitrogens with zero attached hydrogens (tertiary/aromatic N) is 2. The van der Waals surface area contributed by atoms with Gasteiger partial charge in [-0.25, -0.2) is 14.4 Å². The van der Waals surface area contributed by atoms with Gasteiger partial charge in [0.25, 0.3) is 0 Å². The third-order valence-corrected chi connectivity index (χ3v) is 9.63. The molecular formula is C28H35ClN4O4S2. The maximum absolute atomic E-state index is 13.7. The molecule has 3 aromatic rings. The van der Waals surface area contributed by atoms with Crippen LogP contribution in [0.15, 0.2) is 53.4 Å². The largest absolute Gasteiger partial charge is 0.486 e. The summed E-state index contributed by atoms with van der Waals surface area (Å²) in [6.45, 7) is 9.27. The zero-order chi connectivity index (χ0) is 28.3. The van der Waals surface area contributed by atoms with E-state index in [0.29, 0.717) is 47.6 Å². The number of hydrazine groups is 1. The number of anilines is 2. The fourth-order valence-electron chi connectivity index (χ4n) is 4.44. The number of carbonyl (C=O) groups is 1. The Morgan fingerprint density at radius 2 is 2.05 bits per heavy atom. The Morgan fingerprint density at radius 3 is 2.77 bits per heavy atom. The molecule has 39 heavy (non-hydrogen) atoms. The summed E-state index contributed by atoms with van der Waals surface area (Å²) in [5, 5.41) is 14.8. The Morgan fingerprint density at radius 1 is 1.31 bits per heavy atom. The average Bonchev–Trinajstić information content (AvgIpc) is 3.16. The summed E-state index contributed by atoms with van der Waals surface area (Å²) >= 11 is 7.97. The number of benzene rings is 2. The van der Waals surface area contributed by atoms with E-state index in [0.717, 1.165) is 27.4 Å². The number of carboxylic acids is 1. The molecule has 0 aliphatic carbocycles. The highest BCUT2D eigenvalue weighted by atomic mass is 35.5. The quantitative estimate of drug-likeness (QED) is 0.212. The van der Waals surface area contributed by atoms with Crippen LogP contribution in [0.25, 0.3) is 0 Å². The lowest BCUT2D eigenvalue weighted by molar-refractivity contribution is -0.146. The number of aliphatic carboxylic acids is 1. The van der Waals surface area contributed by atoms with Gasteiger partial charge in [-0.1, -0.05) is 35.9 Å². The Balaban J connectivity index is 1.58. The van der Waals surface area contributed by atoms with Crippen molar-refractivity contribution in [2.45, 2.75) is 51.7 Å². The van der Waals surface area contributed by atoms with Crippen LogP contribution in [-0.4, -0.2) is 45.3 Å². The van der Waals surface area contributed by atoms with Gasteiger partial charge in [-0.3, -0.25) is 4.79 Å². The van der Waals surface area contributed by atoms with Gasteiger partial charge in [-0.2, -0.15) is 0 Å². The van der Waals surface area contributed by atoms with Gasteiger partial charge in [0.2, 0.25) is 0 Å². The molecule has 2 aromatic carbocycles. The molecule has 2 atom stereocenters. The summed E-state index contributed by atoms with van der Waals surface area (Å²) in [4.78, 5) is 13.1. The molecule has 1 aliphatic heterocycles. The van der Waals surface area contributed by atoms with Crippen LogP contribution in [0, 0.1) is 12.3 Å². The van der Waals surface area contributed by atoms with E-state index in [-0.39, 0.29) is 6.10 Å². The average molecular weight is 591 g/mol. The summed E-state index contributed by atoms with van der Waals surface area (Å²) in [5.74, 6) is 5.95. The molecule has 4 rings (SSSR count). The normalized spacial score (nSPS) is 17.7. The number of nitrogens with two attached hydrogens (primary N) is 1. The lowest BCUT2D eigenvalue weighted by Crippen LogP contribution is -2.38. The number of carboxylic acid groups (broad SMARTS) is 1. The van der Waals surface area contributed by atoms with E-state index in [9.17, 15) is 14.1 Å². The van der Waals surface area contributed by atoms with Gasteiger partial charge in [0.15, 0.2) is 0 Å². The van der Waals surface area contributed by atoms with E-state index in [1.165, 1.54) is 11.3 Å². The third kappa shape index (κ3) is 6.75. The van der Waals surface area contributed by atoms with Crippen LogP contribution >= 0.6 is 22.9 Å². The molecule has 0 amide bonds. The van der Waals surface area contributed by atoms with E-state index in [1.54, 1.807) is 18.9 Å². The molecule has 4 N–H and O–H groups in total. The minimum Gasteiger partial charge on any atom is -0.486 e. The second-order valence-corrected chi connectivity index (χ2v) is 13.5. The Kier molecular flexibility index (Phi) is 9.23. The number of fused-ring (bicyclic) bond motifs is 1. The van der Waals surface area contributed by atoms with Gasteiger partial charge in [0.1, 0.15) is 22.8 Å². The van der Waals surface area contributed by atoms with Crippen molar-refractivity contribution in [2.24, 2.45) is 11.3 Å². The Labute approximate surface area is 241 Å². The summed E-state index contributed by atoms with van der Waals surface area (Å²) in [5.41, 5.74) is 2.80. The smallest absolute Gasteiger partial charge is 0.309 e. The minimum atomic E-state index is -1.48. The van der Waals surface area contributed by atoms with Crippen molar-refractivity contribution in [2.75, 3.05) is 30.0 Å². The van der Waals surface area contributed by atoms with Gasteiger partial charge in [-0.05, 0) is 69.5 Å². The highest BCUT2D eigenvalue weighted by molar-refractivity contribution is 7.82. The number of halogens is 1.